The molecule has 6 heteroatoms. The van der Waals surface area contributed by atoms with Gasteiger partial charge in [-0.05, 0) is 19.1 Å². The van der Waals surface area contributed by atoms with Crippen LogP contribution in [0.25, 0.3) is 5.82 Å². The fraction of sp³-hybridized carbons (Fsp3) is 0.182. The molecule has 1 aliphatic heterocycles. The molecule has 0 amide bonds. The molecule has 86 valence electrons. The maximum atomic E-state index is 11.0. The van der Waals surface area contributed by atoms with Crippen molar-refractivity contribution in [1.82, 2.24) is 14.5 Å². The number of ether oxygens (including phenoxy) is 1. The van der Waals surface area contributed by atoms with Crippen LogP contribution in [-0.4, -0.2) is 25.6 Å². The second-order valence-electron chi connectivity index (χ2n) is 3.74. The number of hydrogen-bond donors (Lipinski definition) is 1. The lowest BCUT2D eigenvalue weighted by atomic mass is 10.2. The molecule has 0 fully saturated rings. The summed E-state index contributed by atoms with van der Waals surface area (Å²) in [5.41, 5.74) is 0.525. The summed E-state index contributed by atoms with van der Waals surface area (Å²) in [5.74, 6) is 0.135. The average Bonchev–Trinajstić information content (AvgIpc) is 2.74. The van der Waals surface area contributed by atoms with E-state index in [1.807, 2.05) is 0 Å². The first-order valence-corrected chi connectivity index (χ1v) is 5.11. The average molecular weight is 231 g/mol. The van der Waals surface area contributed by atoms with E-state index >= 15 is 0 Å². The lowest BCUT2D eigenvalue weighted by Crippen LogP contribution is -2.19. The topological polar surface area (TPSA) is 77.2 Å². The fourth-order valence-electron chi connectivity index (χ4n) is 1.98. The Morgan fingerprint density at radius 2 is 2.35 bits per heavy atom. The van der Waals surface area contributed by atoms with Gasteiger partial charge in [-0.2, -0.15) is 0 Å². The molecule has 0 saturated heterocycles. The molecule has 2 aromatic rings. The molecule has 0 spiro atoms. The monoisotopic (exact) mass is 231 g/mol. The number of fused-ring (bicyclic) bond motifs is 3. The zero-order valence-electron chi connectivity index (χ0n) is 8.99. The maximum Gasteiger partial charge on any atom is 0.356 e. The molecule has 0 radical (unpaired) electrons. The summed E-state index contributed by atoms with van der Waals surface area (Å²) in [6.45, 7) is 1.79. The van der Waals surface area contributed by atoms with E-state index in [0.29, 0.717) is 17.3 Å². The van der Waals surface area contributed by atoms with Gasteiger partial charge in [0.15, 0.2) is 17.3 Å². The molecule has 1 aliphatic rings. The normalized spacial score (nSPS) is 16.9. The highest BCUT2D eigenvalue weighted by molar-refractivity contribution is 5.87. The minimum absolute atomic E-state index is 0.00815. The molecular weight excluding hydrogens is 222 g/mol. The van der Waals surface area contributed by atoms with E-state index in [1.54, 1.807) is 29.8 Å². The number of rotatable bonds is 1. The first kappa shape index (κ1) is 9.83. The van der Waals surface area contributed by atoms with Crippen molar-refractivity contribution in [1.29, 1.82) is 0 Å². The van der Waals surface area contributed by atoms with Crippen LogP contribution in [0.3, 0.4) is 0 Å². The zero-order chi connectivity index (χ0) is 12.0. The summed E-state index contributed by atoms with van der Waals surface area (Å²) in [7, 11) is 0. The van der Waals surface area contributed by atoms with E-state index in [1.165, 1.54) is 6.33 Å². The van der Waals surface area contributed by atoms with Gasteiger partial charge in [0.05, 0.1) is 5.69 Å². The molecule has 3 heterocycles. The molecule has 1 unspecified atom stereocenters. The van der Waals surface area contributed by atoms with Crippen LogP contribution in [0.4, 0.5) is 0 Å². The molecule has 2 aromatic heterocycles. The molecule has 0 bridgehead atoms. The van der Waals surface area contributed by atoms with Crippen LogP contribution < -0.4 is 4.74 Å². The Kier molecular flexibility index (Phi) is 1.91. The SMILES string of the molecule is CC1Oc2cccnc2-n2cnc(C(=O)O)c21. The number of nitrogens with zero attached hydrogens (tertiary/aromatic N) is 3. The minimum atomic E-state index is -1.06. The third kappa shape index (κ3) is 1.30. The summed E-state index contributed by atoms with van der Waals surface area (Å²) in [6.07, 6.45) is 2.73. The summed E-state index contributed by atoms with van der Waals surface area (Å²) >= 11 is 0. The number of carbonyl (C=O) groups is 1. The standard InChI is InChI=1S/C11H9N3O3/c1-6-9-8(11(15)16)13-5-14(9)10-7(17-6)3-2-4-12-10/h2-6H,1H3,(H,15,16). The van der Waals surface area contributed by atoms with Crippen molar-refractivity contribution < 1.29 is 14.6 Å². The fourth-order valence-corrected chi connectivity index (χ4v) is 1.98. The van der Waals surface area contributed by atoms with Gasteiger partial charge in [0.2, 0.25) is 0 Å². The third-order valence-electron chi connectivity index (χ3n) is 2.67. The lowest BCUT2D eigenvalue weighted by Gasteiger charge is -2.24. The zero-order valence-corrected chi connectivity index (χ0v) is 8.99. The van der Waals surface area contributed by atoms with Gasteiger partial charge in [-0.25, -0.2) is 14.8 Å². The first-order chi connectivity index (χ1) is 8.18. The van der Waals surface area contributed by atoms with E-state index in [4.69, 9.17) is 9.84 Å². The number of pyridine rings is 1. The number of hydrogen-bond acceptors (Lipinski definition) is 4. The van der Waals surface area contributed by atoms with E-state index in [0.717, 1.165) is 0 Å². The van der Waals surface area contributed by atoms with Crippen molar-refractivity contribution in [3.63, 3.8) is 0 Å². The summed E-state index contributed by atoms with van der Waals surface area (Å²) in [6, 6.07) is 3.56. The number of carboxylic acid groups (broad SMARTS) is 1. The highest BCUT2D eigenvalue weighted by Gasteiger charge is 2.30. The van der Waals surface area contributed by atoms with Crippen molar-refractivity contribution in [3.8, 4) is 11.6 Å². The number of aromatic nitrogens is 3. The molecular formula is C11H9N3O3. The van der Waals surface area contributed by atoms with Crippen molar-refractivity contribution in [3.05, 3.63) is 36.0 Å². The Hall–Kier alpha value is -2.37. The second kappa shape index (κ2) is 3.31. The number of carboxylic acids is 1. The van der Waals surface area contributed by atoms with E-state index < -0.39 is 5.97 Å². The summed E-state index contributed by atoms with van der Waals surface area (Å²) < 4.78 is 7.28. The van der Waals surface area contributed by atoms with E-state index in [2.05, 4.69) is 9.97 Å². The Morgan fingerprint density at radius 3 is 3.12 bits per heavy atom. The highest BCUT2D eigenvalue weighted by Crippen LogP contribution is 2.34. The van der Waals surface area contributed by atoms with Crippen LogP contribution in [0, 0.1) is 0 Å². The van der Waals surface area contributed by atoms with Crippen LogP contribution in [0.2, 0.25) is 0 Å². The Morgan fingerprint density at radius 1 is 1.53 bits per heavy atom. The molecule has 6 nitrogen and oxygen atoms in total. The van der Waals surface area contributed by atoms with Gasteiger partial charge in [0.25, 0.3) is 0 Å². The van der Waals surface area contributed by atoms with Crippen LogP contribution in [-0.2, 0) is 0 Å². The molecule has 1 N–H and O–H groups in total. The number of imidazole rings is 1. The minimum Gasteiger partial charge on any atom is -0.480 e. The van der Waals surface area contributed by atoms with Crippen LogP contribution in [0.5, 0.6) is 5.75 Å². The molecule has 1 atom stereocenters. The van der Waals surface area contributed by atoms with Crippen molar-refractivity contribution in [2.45, 2.75) is 13.0 Å². The van der Waals surface area contributed by atoms with Gasteiger partial charge in [-0.1, -0.05) is 0 Å². The predicted molar refractivity (Wildman–Crippen MR) is 57.4 cm³/mol. The van der Waals surface area contributed by atoms with Crippen molar-refractivity contribution in [2.75, 3.05) is 0 Å². The maximum absolute atomic E-state index is 11.0. The van der Waals surface area contributed by atoms with Gasteiger partial charge in [0.1, 0.15) is 12.4 Å². The van der Waals surface area contributed by atoms with Gasteiger partial charge >= 0.3 is 5.97 Å². The quantitative estimate of drug-likeness (QED) is 0.803. The predicted octanol–water partition coefficient (Wildman–Crippen LogP) is 1.42. The van der Waals surface area contributed by atoms with Crippen LogP contribution in [0.15, 0.2) is 24.7 Å². The first-order valence-electron chi connectivity index (χ1n) is 5.11. The molecule has 0 saturated carbocycles. The van der Waals surface area contributed by atoms with Gasteiger partial charge in [0, 0.05) is 6.20 Å². The summed E-state index contributed by atoms with van der Waals surface area (Å²) in [4.78, 5) is 19.1. The lowest BCUT2D eigenvalue weighted by molar-refractivity contribution is 0.0684. The second-order valence-corrected chi connectivity index (χ2v) is 3.74. The highest BCUT2D eigenvalue weighted by atomic mass is 16.5. The Balaban J connectivity index is 2.27. The number of aromatic carboxylic acids is 1. The smallest absolute Gasteiger partial charge is 0.356 e. The van der Waals surface area contributed by atoms with Crippen molar-refractivity contribution >= 4 is 5.97 Å². The van der Waals surface area contributed by atoms with Crippen molar-refractivity contribution in [2.24, 2.45) is 0 Å². The van der Waals surface area contributed by atoms with E-state index in [9.17, 15) is 4.79 Å². The molecule has 3 rings (SSSR count). The largest absolute Gasteiger partial charge is 0.480 e. The molecule has 0 aromatic carbocycles. The Bertz CT molecular complexity index is 606. The van der Waals surface area contributed by atoms with Gasteiger partial charge < -0.3 is 9.84 Å². The van der Waals surface area contributed by atoms with Crippen LogP contribution >= 0.6 is 0 Å². The Labute approximate surface area is 96.5 Å². The third-order valence-corrected chi connectivity index (χ3v) is 2.67. The van der Waals surface area contributed by atoms with Gasteiger partial charge in [-0.3, -0.25) is 4.57 Å². The molecule has 0 aliphatic carbocycles. The summed E-state index contributed by atoms with van der Waals surface area (Å²) in [5, 5.41) is 9.04. The van der Waals surface area contributed by atoms with Gasteiger partial charge in [-0.15, -0.1) is 0 Å². The van der Waals surface area contributed by atoms with Crippen LogP contribution in [0.1, 0.15) is 29.2 Å². The van der Waals surface area contributed by atoms with E-state index in [-0.39, 0.29) is 11.8 Å². The molecule has 17 heavy (non-hydrogen) atoms.